The molecule has 1 aliphatic rings. The topological polar surface area (TPSA) is 49.6 Å². The molecule has 0 spiro atoms. The number of anilines is 1. The van der Waals surface area contributed by atoms with Gasteiger partial charge in [0.2, 0.25) is 5.91 Å². The predicted molar refractivity (Wildman–Crippen MR) is 118 cm³/mol. The second-order valence-corrected chi connectivity index (χ2v) is 8.33. The summed E-state index contributed by atoms with van der Waals surface area (Å²) in [7, 11) is 0. The van der Waals surface area contributed by atoms with Crippen molar-refractivity contribution in [2.45, 2.75) is 12.8 Å². The lowest BCUT2D eigenvalue weighted by Crippen LogP contribution is -2.48. The van der Waals surface area contributed by atoms with Crippen LogP contribution in [-0.4, -0.2) is 42.0 Å². The van der Waals surface area contributed by atoms with Crippen molar-refractivity contribution in [3.63, 3.8) is 0 Å². The van der Waals surface area contributed by atoms with Crippen molar-refractivity contribution in [2.75, 3.05) is 31.1 Å². The molecule has 0 unspecified atom stereocenters. The van der Waals surface area contributed by atoms with Gasteiger partial charge in [-0.1, -0.05) is 45.7 Å². The molecule has 29 heavy (non-hydrogen) atoms. The number of nitrogens with zero attached hydrogens (tertiary/aromatic N) is 3. The van der Waals surface area contributed by atoms with Gasteiger partial charge in [0.05, 0.1) is 6.20 Å². The van der Waals surface area contributed by atoms with Crippen LogP contribution in [0.2, 0.25) is 5.02 Å². The molecule has 2 aromatic carbocycles. The van der Waals surface area contributed by atoms with Gasteiger partial charge in [-0.15, -0.1) is 0 Å². The Morgan fingerprint density at radius 3 is 2.66 bits per heavy atom. The minimum absolute atomic E-state index is 0.137. The lowest BCUT2D eigenvalue weighted by molar-refractivity contribution is -0.131. The van der Waals surface area contributed by atoms with Gasteiger partial charge < -0.3 is 14.2 Å². The number of aryl methyl sites for hydroxylation is 1. The van der Waals surface area contributed by atoms with Crippen LogP contribution in [0.15, 0.2) is 63.6 Å². The number of halogens is 2. The zero-order valence-corrected chi connectivity index (χ0v) is 18.2. The first kappa shape index (κ1) is 20.0. The molecule has 3 aromatic rings. The maximum Gasteiger partial charge on any atom is 0.223 e. The van der Waals surface area contributed by atoms with E-state index in [1.807, 2.05) is 47.4 Å². The maximum absolute atomic E-state index is 12.6. The first-order chi connectivity index (χ1) is 14.1. The van der Waals surface area contributed by atoms with Crippen LogP contribution in [-0.2, 0) is 11.2 Å². The number of amides is 1. The average molecular weight is 475 g/mol. The van der Waals surface area contributed by atoms with Crippen LogP contribution in [0.5, 0.6) is 0 Å². The Hall–Kier alpha value is -2.31. The lowest BCUT2D eigenvalue weighted by atomic mass is 10.2. The molecule has 1 fully saturated rings. The quantitative estimate of drug-likeness (QED) is 0.520. The van der Waals surface area contributed by atoms with Gasteiger partial charge in [-0.2, -0.15) is 0 Å². The highest BCUT2D eigenvalue weighted by Crippen LogP contribution is 2.24. The van der Waals surface area contributed by atoms with Crippen molar-refractivity contribution in [1.29, 1.82) is 0 Å². The Balaban J connectivity index is 1.29. The van der Waals surface area contributed by atoms with Crippen molar-refractivity contribution in [1.82, 2.24) is 9.88 Å². The van der Waals surface area contributed by atoms with E-state index in [9.17, 15) is 4.79 Å². The number of benzene rings is 2. The van der Waals surface area contributed by atoms with E-state index in [1.165, 1.54) is 0 Å². The van der Waals surface area contributed by atoms with Crippen molar-refractivity contribution in [3.05, 3.63) is 70.1 Å². The number of rotatable bonds is 5. The normalized spacial score (nSPS) is 14.3. The van der Waals surface area contributed by atoms with E-state index >= 15 is 0 Å². The fourth-order valence-electron chi connectivity index (χ4n) is 3.46. The van der Waals surface area contributed by atoms with Crippen LogP contribution >= 0.6 is 27.5 Å². The van der Waals surface area contributed by atoms with E-state index in [2.05, 4.69) is 31.9 Å². The number of hydrogen-bond donors (Lipinski definition) is 0. The second kappa shape index (κ2) is 9.01. The van der Waals surface area contributed by atoms with Gasteiger partial charge in [0.1, 0.15) is 0 Å². The van der Waals surface area contributed by atoms with E-state index in [1.54, 1.807) is 6.20 Å². The van der Waals surface area contributed by atoms with E-state index in [-0.39, 0.29) is 5.91 Å². The molecular weight excluding hydrogens is 454 g/mol. The predicted octanol–water partition coefficient (Wildman–Crippen LogP) is 5.04. The van der Waals surface area contributed by atoms with Gasteiger partial charge in [-0.05, 0) is 30.3 Å². The number of carbonyl (C=O) groups is 1. The van der Waals surface area contributed by atoms with Gasteiger partial charge in [0.25, 0.3) is 0 Å². The minimum Gasteiger partial charge on any atom is -0.441 e. The van der Waals surface area contributed by atoms with Gasteiger partial charge in [0, 0.05) is 59.8 Å². The third kappa shape index (κ3) is 5.00. The molecule has 150 valence electrons. The van der Waals surface area contributed by atoms with Crippen molar-refractivity contribution in [3.8, 4) is 11.3 Å². The zero-order valence-electron chi connectivity index (χ0n) is 15.9. The van der Waals surface area contributed by atoms with Crippen LogP contribution in [0.3, 0.4) is 0 Å². The van der Waals surface area contributed by atoms with E-state index in [0.717, 1.165) is 33.8 Å². The molecule has 0 aliphatic carbocycles. The molecule has 1 aliphatic heterocycles. The first-order valence-electron chi connectivity index (χ1n) is 9.57. The number of carbonyl (C=O) groups excluding carboxylic acids is 1. The number of aromatic nitrogens is 1. The Morgan fingerprint density at radius 2 is 1.90 bits per heavy atom. The van der Waals surface area contributed by atoms with E-state index in [0.29, 0.717) is 37.6 Å². The molecule has 2 heterocycles. The number of piperazine rings is 1. The summed E-state index contributed by atoms with van der Waals surface area (Å²) in [6, 6.07) is 15.7. The fourth-order valence-corrected chi connectivity index (χ4v) is 4.04. The highest BCUT2D eigenvalue weighted by atomic mass is 79.9. The number of hydrogen-bond acceptors (Lipinski definition) is 4. The molecule has 4 rings (SSSR count). The van der Waals surface area contributed by atoms with Gasteiger partial charge in [0.15, 0.2) is 11.7 Å². The third-order valence-electron chi connectivity index (χ3n) is 5.02. The Labute approximate surface area is 183 Å². The molecule has 0 radical (unpaired) electrons. The largest absolute Gasteiger partial charge is 0.441 e. The van der Waals surface area contributed by atoms with E-state index in [4.69, 9.17) is 16.0 Å². The summed E-state index contributed by atoms with van der Waals surface area (Å²) in [5, 5.41) is 0.731. The molecule has 1 aromatic heterocycles. The van der Waals surface area contributed by atoms with Gasteiger partial charge in [-0.3, -0.25) is 4.79 Å². The van der Waals surface area contributed by atoms with Crippen LogP contribution in [0.25, 0.3) is 11.3 Å². The summed E-state index contributed by atoms with van der Waals surface area (Å²) in [5.74, 6) is 1.44. The fraction of sp³-hybridized carbons (Fsp3) is 0.273. The summed E-state index contributed by atoms with van der Waals surface area (Å²) in [4.78, 5) is 21.1. The molecule has 0 bridgehead atoms. The third-order valence-corrected chi connectivity index (χ3v) is 5.75. The maximum atomic E-state index is 12.6. The molecular formula is C22H21BrClN3O2. The van der Waals surface area contributed by atoms with Crippen LogP contribution in [0.4, 0.5) is 5.69 Å². The molecule has 5 nitrogen and oxygen atoms in total. The average Bonchev–Trinajstić information content (AvgIpc) is 3.21. The Bertz CT molecular complexity index is 999. The standard InChI is InChI=1S/C22H21BrClN3O2/c23-17-4-1-3-16(13-17)20-15-25-21(29-20)7-8-22(28)27-11-9-26(10-12-27)19-6-2-5-18(24)14-19/h1-6,13-15H,7-12H2. The minimum atomic E-state index is 0.137. The molecule has 1 saturated heterocycles. The molecule has 1 amide bonds. The van der Waals surface area contributed by atoms with Gasteiger partial charge >= 0.3 is 0 Å². The smallest absolute Gasteiger partial charge is 0.223 e. The summed E-state index contributed by atoms with van der Waals surface area (Å²) in [5.41, 5.74) is 2.06. The molecule has 7 heteroatoms. The zero-order chi connectivity index (χ0) is 20.2. The van der Waals surface area contributed by atoms with Crippen LogP contribution in [0.1, 0.15) is 12.3 Å². The molecule has 0 atom stereocenters. The lowest BCUT2D eigenvalue weighted by Gasteiger charge is -2.36. The first-order valence-corrected chi connectivity index (χ1v) is 10.7. The summed E-state index contributed by atoms with van der Waals surface area (Å²) < 4.78 is 6.81. The Morgan fingerprint density at radius 1 is 1.10 bits per heavy atom. The highest BCUT2D eigenvalue weighted by molar-refractivity contribution is 9.10. The summed E-state index contributed by atoms with van der Waals surface area (Å²) in [6.07, 6.45) is 2.61. The monoisotopic (exact) mass is 473 g/mol. The molecule has 0 saturated carbocycles. The Kier molecular flexibility index (Phi) is 6.21. The number of oxazole rings is 1. The van der Waals surface area contributed by atoms with Crippen LogP contribution in [0, 0.1) is 0 Å². The van der Waals surface area contributed by atoms with Gasteiger partial charge in [-0.25, -0.2) is 4.98 Å². The second-order valence-electron chi connectivity index (χ2n) is 6.98. The summed E-state index contributed by atoms with van der Waals surface area (Å²) in [6.45, 7) is 3.02. The van der Waals surface area contributed by atoms with Crippen molar-refractivity contribution in [2.24, 2.45) is 0 Å². The van der Waals surface area contributed by atoms with E-state index < -0.39 is 0 Å². The van der Waals surface area contributed by atoms with Crippen molar-refractivity contribution < 1.29 is 9.21 Å². The SMILES string of the molecule is O=C(CCc1ncc(-c2cccc(Br)c2)o1)N1CCN(c2cccc(Cl)c2)CC1. The van der Waals surface area contributed by atoms with Crippen LogP contribution < -0.4 is 4.90 Å². The highest BCUT2D eigenvalue weighted by Gasteiger charge is 2.21. The summed E-state index contributed by atoms with van der Waals surface area (Å²) >= 11 is 9.54. The van der Waals surface area contributed by atoms with Crippen molar-refractivity contribution >= 4 is 39.1 Å². The molecule has 0 N–H and O–H groups in total.